The van der Waals surface area contributed by atoms with Crippen LogP contribution in [0, 0.1) is 6.92 Å². The fraction of sp³-hybridized carbons (Fsp3) is 0.182. The van der Waals surface area contributed by atoms with Crippen molar-refractivity contribution in [3.05, 3.63) is 71.5 Å². The first-order chi connectivity index (χ1) is 14.4. The second-order valence-corrected chi connectivity index (χ2v) is 8.39. The molecule has 1 amide bonds. The quantitative estimate of drug-likeness (QED) is 0.465. The number of rotatable bonds is 6. The summed E-state index contributed by atoms with van der Waals surface area (Å²) >= 11 is 1.65. The Morgan fingerprint density at radius 2 is 2.00 bits per heavy atom. The van der Waals surface area contributed by atoms with E-state index < -0.39 is 5.91 Å². The highest BCUT2D eigenvalue weighted by Gasteiger charge is 2.15. The van der Waals surface area contributed by atoms with E-state index in [1.54, 1.807) is 24.2 Å². The zero-order chi connectivity index (χ0) is 21.3. The summed E-state index contributed by atoms with van der Waals surface area (Å²) in [4.78, 5) is 11.4. The molecule has 7 nitrogen and oxygen atoms in total. The maximum Gasteiger partial charge on any atom is 0.248 e. The Morgan fingerprint density at radius 1 is 1.17 bits per heavy atom. The van der Waals surface area contributed by atoms with Crippen molar-refractivity contribution < 1.29 is 9.32 Å². The molecule has 0 radical (unpaired) electrons. The van der Waals surface area contributed by atoms with Gasteiger partial charge < -0.3 is 14.8 Å². The number of carbonyl (C=O) groups is 1. The number of aromatic nitrogens is 4. The molecule has 1 unspecified atom stereocenters. The standard InChI is InChI=1S/C22H21N5O2S/c1-13-9-16(7-8-18(13)21(23)28)19-11-20(29-26-19)17-6-4-5-15(10-17)14(2)30-22-25-24-12-27(22)3/h4-12,14H,1-3H3,(H2,23,28). The van der Waals surface area contributed by atoms with Crippen LogP contribution in [0.5, 0.6) is 0 Å². The topological polar surface area (TPSA) is 99.8 Å². The molecular weight excluding hydrogens is 398 g/mol. The van der Waals surface area contributed by atoms with Crippen molar-refractivity contribution in [3.8, 4) is 22.6 Å². The molecule has 2 aromatic carbocycles. The number of nitrogens with two attached hydrogens (primary N) is 1. The van der Waals surface area contributed by atoms with Crippen molar-refractivity contribution >= 4 is 17.7 Å². The van der Waals surface area contributed by atoms with Crippen LogP contribution in [0.4, 0.5) is 0 Å². The van der Waals surface area contributed by atoms with E-state index in [0.717, 1.165) is 27.4 Å². The number of aryl methyl sites for hydroxylation is 2. The van der Waals surface area contributed by atoms with Crippen molar-refractivity contribution in [2.45, 2.75) is 24.3 Å². The Kier molecular flexibility index (Phi) is 5.41. The number of benzene rings is 2. The van der Waals surface area contributed by atoms with Gasteiger partial charge in [0.25, 0.3) is 0 Å². The van der Waals surface area contributed by atoms with Crippen LogP contribution in [-0.4, -0.2) is 25.8 Å². The summed E-state index contributed by atoms with van der Waals surface area (Å²) in [6.07, 6.45) is 1.69. The normalized spacial score (nSPS) is 12.1. The number of hydrogen-bond acceptors (Lipinski definition) is 6. The van der Waals surface area contributed by atoms with Gasteiger partial charge in [-0.1, -0.05) is 41.2 Å². The van der Waals surface area contributed by atoms with Crippen molar-refractivity contribution in [1.29, 1.82) is 0 Å². The molecule has 0 fully saturated rings. The monoisotopic (exact) mass is 419 g/mol. The molecule has 0 aliphatic carbocycles. The Labute approximate surface area is 178 Å². The van der Waals surface area contributed by atoms with Crippen LogP contribution in [0.1, 0.15) is 33.7 Å². The van der Waals surface area contributed by atoms with Crippen LogP contribution in [0.15, 0.2) is 64.5 Å². The van der Waals surface area contributed by atoms with E-state index in [0.29, 0.717) is 17.0 Å². The van der Waals surface area contributed by atoms with Gasteiger partial charge in [-0.2, -0.15) is 0 Å². The summed E-state index contributed by atoms with van der Waals surface area (Å²) in [7, 11) is 1.93. The van der Waals surface area contributed by atoms with E-state index in [4.69, 9.17) is 10.3 Å². The summed E-state index contributed by atoms with van der Waals surface area (Å²) in [5.41, 5.74) is 10.4. The number of carbonyl (C=O) groups excluding carboxylic acids is 1. The predicted octanol–water partition coefficient (Wildman–Crippen LogP) is 4.40. The van der Waals surface area contributed by atoms with Gasteiger partial charge >= 0.3 is 0 Å². The number of thioether (sulfide) groups is 1. The number of amides is 1. The predicted molar refractivity (Wildman–Crippen MR) is 116 cm³/mol. The van der Waals surface area contributed by atoms with Crippen molar-refractivity contribution in [2.75, 3.05) is 0 Å². The lowest BCUT2D eigenvalue weighted by atomic mass is 10.0. The molecule has 30 heavy (non-hydrogen) atoms. The molecule has 0 bridgehead atoms. The van der Waals surface area contributed by atoms with E-state index in [-0.39, 0.29) is 5.25 Å². The molecule has 4 rings (SSSR count). The molecule has 0 aliphatic rings. The first-order valence-corrected chi connectivity index (χ1v) is 10.3. The highest BCUT2D eigenvalue weighted by Crippen LogP contribution is 2.35. The van der Waals surface area contributed by atoms with Crippen LogP contribution in [0.3, 0.4) is 0 Å². The van der Waals surface area contributed by atoms with Crippen LogP contribution >= 0.6 is 11.8 Å². The molecule has 4 aromatic rings. The van der Waals surface area contributed by atoms with Gasteiger partial charge in [-0.3, -0.25) is 4.79 Å². The molecule has 0 spiro atoms. The van der Waals surface area contributed by atoms with Gasteiger partial charge in [0.15, 0.2) is 10.9 Å². The third-order valence-corrected chi connectivity index (χ3v) is 6.10. The van der Waals surface area contributed by atoms with Gasteiger partial charge in [-0.25, -0.2) is 0 Å². The van der Waals surface area contributed by atoms with Crippen molar-refractivity contribution in [2.24, 2.45) is 12.8 Å². The van der Waals surface area contributed by atoms with Crippen LogP contribution in [0.25, 0.3) is 22.6 Å². The first-order valence-electron chi connectivity index (χ1n) is 9.41. The van der Waals surface area contributed by atoms with Crippen LogP contribution in [0.2, 0.25) is 0 Å². The molecule has 8 heteroatoms. The Bertz CT molecular complexity index is 1210. The van der Waals surface area contributed by atoms with Crippen molar-refractivity contribution in [3.63, 3.8) is 0 Å². The van der Waals surface area contributed by atoms with E-state index in [9.17, 15) is 4.79 Å². The highest BCUT2D eigenvalue weighted by atomic mass is 32.2. The zero-order valence-corrected chi connectivity index (χ0v) is 17.7. The molecule has 0 aliphatic heterocycles. The molecule has 0 saturated heterocycles. The average molecular weight is 420 g/mol. The lowest BCUT2D eigenvalue weighted by Gasteiger charge is -2.11. The maximum absolute atomic E-state index is 11.4. The fourth-order valence-electron chi connectivity index (χ4n) is 3.20. The van der Waals surface area contributed by atoms with Gasteiger partial charge in [0.1, 0.15) is 12.0 Å². The minimum Gasteiger partial charge on any atom is -0.366 e. The lowest BCUT2D eigenvalue weighted by Crippen LogP contribution is -2.12. The minimum absolute atomic E-state index is 0.194. The van der Waals surface area contributed by atoms with E-state index in [2.05, 4.69) is 34.4 Å². The molecule has 2 heterocycles. The summed E-state index contributed by atoms with van der Waals surface area (Å²) < 4.78 is 7.51. The first kappa shape index (κ1) is 19.9. The average Bonchev–Trinajstić information content (AvgIpc) is 3.37. The second kappa shape index (κ2) is 8.16. The second-order valence-electron chi connectivity index (χ2n) is 7.08. The Balaban J connectivity index is 1.58. The summed E-state index contributed by atoms with van der Waals surface area (Å²) in [5, 5.41) is 13.3. The molecule has 152 valence electrons. The summed E-state index contributed by atoms with van der Waals surface area (Å²) in [5.74, 6) is 0.240. The largest absolute Gasteiger partial charge is 0.366 e. The van der Waals surface area contributed by atoms with Gasteiger partial charge in [0.2, 0.25) is 5.91 Å². The smallest absolute Gasteiger partial charge is 0.248 e. The van der Waals surface area contributed by atoms with Crippen LogP contribution in [-0.2, 0) is 7.05 Å². The van der Waals surface area contributed by atoms with E-state index in [1.165, 1.54) is 0 Å². The van der Waals surface area contributed by atoms with Gasteiger partial charge in [0, 0.05) is 35.1 Å². The third kappa shape index (κ3) is 3.99. The molecule has 1 atom stereocenters. The lowest BCUT2D eigenvalue weighted by molar-refractivity contribution is 0.0999. The van der Waals surface area contributed by atoms with E-state index in [1.807, 2.05) is 48.9 Å². The van der Waals surface area contributed by atoms with Crippen molar-refractivity contribution in [1.82, 2.24) is 19.9 Å². The zero-order valence-electron chi connectivity index (χ0n) is 16.9. The molecular formula is C22H21N5O2S. The molecule has 0 saturated carbocycles. The number of hydrogen-bond donors (Lipinski definition) is 1. The Hall–Kier alpha value is -3.39. The van der Waals surface area contributed by atoms with E-state index >= 15 is 0 Å². The SMILES string of the molecule is Cc1cc(-c2cc(-c3cccc(C(C)Sc4nncn4C)c3)on2)ccc1C(N)=O. The van der Waals surface area contributed by atoms with Crippen LogP contribution < -0.4 is 5.73 Å². The highest BCUT2D eigenvalue weighted by molar-refractivity contribution is 7.99. The third-order valence-electron chi connectivity index (χ3n) is 4.89. The number of primary amides is 1. The maximum atomic E-state index is 11.4. The minimum atomic E-state index is -0.440. The van der Waals surface area contributed by atoms with Gasteiger partial charge in [-0.15, -0.1) is 10.2 Å². The Morgan fingerprint density at radius 3 is 2.70 bits per heavy atom. The summed E-state index contributed by atoms with van der Waals surface area (Å²) in [6.45, 7) is 3.98. The fourth-order valence-corrected chi connectivity index (χ4v) is 4.10. The molecule has 2 N–H and O–H groups in total. The molecule has 2 aromatic heterocycles. The van der Waals surface area contributed by atoms with Gasteiger partial charge in [0.05, 0.1) is 0 Å². The number of nitrogens with zero attached hydrogens (tertiary/aromatic N) is 4. The summed E-state index contributed by atoms with van der Waals surface area (Å²) in [6, 6.07) is 15.5. The van der Waals surface area contributed by atoms with Gasteiger partial charge in [-0.05, 0) is 43.2 Å².